The fraction of sp³-hybridized carbons (Fsp3) is 0.588. The molecule has 3 aliphatic rings. The number of nitrogens with zero attached hydrogens (tertiary/aromatic N) is 3. The van der Waals surface area contributed by atoms with E-state index in [-0.39, 0.29) is 62.8 Å². The number of hydrogen-bond donors (Lipinski definition) is 1. The Morgan fingerprint density at radius 1 is 1.08 bits per heavy atom. The molecular weight excluding hydrogens is 658 g/mol. The first-order chi connectivity index (χ1) is 23.1. The maximum atomic E-state index is 14.1. The number of pyridine rings is 1. The van der Waals surface area contributed by atoms with Crippen molar-refractivity contribution < 1.29 is 50.2 Å². The van der Waals surface area contributed by atoms with Gasteiger partial charge in [0.15, 0.2) is 11.5 Å². The van der Waals surface area contributed by atoms with Crippen LogP contribution in [0.25, 0.3) is 0 Å². The van der Waals surface area contributed by atoms with Crippen molar-refractivity contribution >= 4 is 17.7 Å². The Bertz CT molecular complexity index is 1510. The lowest BCUT2D eigenvalue weighted by atomic mass is 9.90. The number of halogens is 6. The van der Waals surface area contributed by atoms with Gasteiger partial charge in [-0.25, -0.2) is 13.8 Å². The lowest BCUT2D eigenvalue weighted by molar-refractivity contribution is -0.179. The number of amides is 3. The highest BCUT2D eigenvalue weighted by Gasteiger charge is 2.41. The van der Waals surface area contributed by atoms with Crippen LogP contribution in [0.1, 0.15) is 92.9 Å². The van der Waals surface area contributed by atoms with Crippen LogP contribution in [0.5, 0.6) is 11.5 Å². The summed E-state index contributed by atoms with van der Waals surface area (Å²) in [4.78, 5) is 47.0. The van der Waals surface area contributed by atoms with Crippen LogP contribution in [-0.2, 0) is 16.1 Å². The number of rotatable bonds is 13. The maximum Gasteiger partial charge on any atom is 0.397 e. The van der Waals surface area contributed by atoms with E-state index in [1.54, 1.807) is 23.1 Å². The van der Waals surface area contributed by atoms with Gasteiger partial charge in [-0.2, -0.15) is 17.6 Å². The number of hydrogen-bond acceptors (Lipinski definition) is 6. The van der Waals surface area contributed by atoms with Crippen molar-refractivity contribution in [2.75, 3.05) is 13.1 Å². The molecule has 1 N–H and O–H groups in total. The molecule has 2 heterocycles. The number of carbonyl (C=O) groups is 3. The second-order valence-corrected chi connectivity index (χ2v) is 13.0. The lowest BCUT2D eigenvalue weighted by Crippen LogP contribution is -2.45. The van der Waals surface area contributed by atoms with E-state index in [9.17, 15) is 40.7 Å². The van der Waals surface area contributed by atoms with E-state index < -0.39 is 60.3 Å². The molecule has 3 fully saturated rings. The Labute approximate surface area is 280 Å². The average Bonchev–Trinajstić information content (AvgIpc) is 3.76. The molecule has 0 radical (unpaired) electrons. The Hall–Kier alpha value is -4.04. The van der Waals surface area contributed by atoms with Gasteiger partial charge in [0.1, 0.15) is 11.7 Å². The topological polar surface area (TPSA) is 101 Å². The number of benzene rings is 1. The number of carbonyl (C=O) groups excluding carboxylic acids is 3. The smallest absolute Gasteiger partial charge is 0.397 e. The van der Waals surface area contributed by atoms with E-state index >= 15 is 0 Å². The zero-order chi connectivity index (χ0) is 35.5. The van der Waals surface area contributed by atoms with Gasteiger partial charge < -0.3 is 24.6 Å². The molecule has 49 heavy (non-hydrogen) atoms. The molecule has 5 rings (SSSR count). The van der Waals surface area contributed by atoms with Crippen molar-refractivity contribution in [1.29, 1.82) is 0 Å². The number of likely N-dealkylation sites (tertiary alicyclic amines) is 1. The van der Waals surface area contributed by atoms with Crippen molar-refractivity contribution in [2.24, 2.45) is 5.92 Å². The van der Waals surface area contributed by atoms with Crippen LogP contribution in [0.15, 0.2) is 36.4 Å². The number of ether oxygens (including phenoxy) is 2. The zero-order valence-corrected chi connectivity index (χ0v) is 27.3. The fourth-order valence-corrected chi connectivity index (χ4v) is 6.41. The predicted octanol–water partition coefficient (Wildman–Crippen LogP) is 6.52. The minimum Gasteiger partial charge on any atom is -0.431 e. The van der Waals surface area contributed by atoms with E-state index in [1.807, 2.05) is 0 Å². The summed E-state index contributed by atoms with van der Waals surface area (Å²) in [6, 6.07) is 7.20. The summed E-state index contributed by atoms with van der Waals surface area (Å²) < 4.78 is 90.8. The first-order valence-corrected chi connectivity index (χ1v) is 16.5. The molecule has 0 spiro atoms. The predicted molar refractivity (Wildman–Crippen MR) is 165 cm³/mol. The molecule has 0 bridgehead atoms. The summed E-state index contributed by atoms with van der Waals surface area (Å²) in [7, 11) is 0. The summed E-state index contributed by atoms with van der Waals surface area (Å²) in [5.41, 5.74) is 0.898. The molecule has 1 aromatic carbocycles. The quantitative estimate of drug-likeness (QED) is 0.240. The molecule has 2 saturated carbocycles. The number of alkyl halides is 6. The standard InChI is InChI=1S/C34H40F6N4O5/c1-3-34(39,40)49-29-16-22(9-10-28(29)48-32(35)36)23-15-27(43(19-23)20(2)45)30(46)41-17-24-5-4-6-26(42-24)31(47)44(18-21-7-8-21)25-11-13-33(37,38)14-12-25/h4-6,9-10,16,21,23,25,27,32H,3,7-8,11-15,17-19H2,1-2H3,(H,41,46)/t23?,27-/m1/s1. The number of aromatic nitrogens is 1. The molecule has 15 heteroatoms. The molecular formula is C34H40F6N4O5. The van der Waals surface area contributed by atoms with Gasteiger partial charge in [-0.15, -0.1) is 0 Å². The zero-order valence-electron chi connectivity index (χ0n) is 27.3. The second-order valence-electron chi connectivity index (χ2n) is 13.0. The number of nitrogens with one attached hydrogen (secondary N) is 1. The molecule has 2 aromatic rings. The molecule has 2 aliphatic carbocycles. The van der Waals surface area contributed by atoms with Gasteiger partial charge in [-0.05, 0) is 67.9 Å². The minimum atomic E-state index is -3.65. The summed E-state index contributed by atoms with van der Waals surface area (Å²) >= 11 is 0. The maximum absolute atomic E-state index is 14.1. The van der Waals surface area contributed by atoms with Gasteiger partial charge in [-0.3, -0.25) is 14.4 Å². The van der Waals surface area contributed by atoms with E-state index in [2.05, 4.69) is 15.0 Å². The Morgan fingerprint density at radius 3 is 2.43 bits per heavy atom. The highest BCUT2D eigenvalue weighted by molar-refractivity contribution is 5.92. The van der Waals surface area contributed by atoms with Gasteiger partial charge in [0.2, 0.25) is 17.7 Å². The van der Waals surface area contributed by atoms with Crippen molar-refractivity contribution in [3.8, 4) is 11.5 Å². The normalized spacial score (nSPS) is 21.0. The van der Waals surface area contributed by atoms with Crippen LogP contribution in [-0.4, -0.2) is 76.3 Å². The first kappa shape index (κ1) is 36.2. The van der Waals surface area contributed by atoms with Crippen LogP contribution >= 0.6 is 0 Å². The SMILES string of the molecule is CCC(F)(F)Oc1cc(C2C[C@H](C(=O)NCc3cccc(C(=O)N(CC4CC4)C4CCC(F)(F)CC4)n3)N(C(C)=O)C2)ccc1OC(F)F. The highest BCUT2D eigenvalue weighted by Crippen LogP contribution is 2.40. The van der Waals surface area contributed by atoms with Crippen LogP contribution in [0.2, 0.25) is 0 Å². The lowest BCUT2D eigenvalue weighted by Gasteiger charge is -2.37. The highest BCUT2D eigenvalue weighted by atomic mass is 19.3. The molecule has 2 atom stereocenters. The summed E-state index contributed by atoms with van der Waals surface area (Å²) in [6.45, 7) is -0.362. The van der Waals surface area contributed by atoms with Crippen molar-refractivity contribution in [1.82, 2.24) is 20.1 Å². The molecule has 1 aliphatic heterocycles. The first-order valence-electron chi connectivity index (χ1n) is 16.5. The molecule has 1 aromatic heterocycles. The second kappa shape index (κ2) is 14.8. The minimum absolute atomic E-state index is 0.0538. The Morgan fingerprint density at radius 2 is 1.80 bits per heavy atom. The van der Waals surface area contributed by atoms with E-state index in [0.717, 1.165) is 25.0 Å². The Kier molecular flexibility index (Phi) is 11.0. The summed E-state index contributed by atoms with van der Waals surface area (Å²) in [6.07, 6.45) is -2.43. The van der Waals surface area contributed by atoms with Crippen LogP contribution in [0.4, 0.5) is 26.3 Å². The molecule has 268 valence electrons. The third-order valence-electron chi connectivity index (χ3n) is 9.34. The Balaban J connectivity index is 1.26. The fourth-order valence-electron chi connectivity index (χ4n) is 6.41. The van der Waals surface area contributed by atoms with E-state index in [1.165, 1.54) is 24.8 Å². The van der Waals surface area contributed by atoms with Gasteiger partial charge in [0.05, 0.1) is 12.2 Å². The molecule has 1 saturated heterocycles. The van der Waals surface area contributed by atoms with Gasteiger partial charge in [0, 0.05) is 51.2 Å². The average molecular weight is 699 g/mol. The third kappa shape index (κ3) is 9.35. The van der Waals surface area contributed by atoms with Crippen molar-refractivity contribution in [3.63, 3.8) is 0 Å². The molecule has 3 amide bonds. The molecule has 9 nitrogen and oxygen atoms in total. The third-order valence-corrected chi connectivity index (χ3v) is 9.34. The van der Waals surface area contributed by atoms with Crippen LogP contribution in [0.3, 0.4) is 0 Å². The van der Waals surface area contributed by atoms with Gasteiger partial charge >= 0.3 is 12.7 Å². The van der Waals surface area contributed by atoms with Crippen LogP contribution in [0, 0.1) is 5.92 Å². The summed E-state index contributed by atoms with van der Waals surface area (Å²) in [5.74, 6) is -5.34. The van der Waals surface area contributed by atoms with Crippen molar-refractivity contribution in [3.05, 3.63) is 53.3 Å². The van der Waals surface area contributed by atoms with E-state index in [0.29, 0.717) is 23.7 Å². The van der Waals surface area contributed by atoms with E-state index in [4.69, 9.17) is 4.74 Å². The molecule has 1 unspecified atom stereocenters. The summed E-state index contributed by atoms with van der Waals surface area (Å²) in [5, 5.41) is 2.76. The van der Waals surface area contributed by atoms with Crippen LogP contribution < -0.4 is 14.8 Å². The van der Waals surface area contributed by atoms with Crippen molar-refractivity contribution in [2.45, 2.75) is 108 Å². The van der Waals surface area contributed by atoms with Gasteiger partial charge in [0.25, 0.3) is 5.91 Å². The largest absolute Gasteiger partial charge is 0.431 e. The van der Waals surface area contributed by atoms with Gasteiger partial charge in [-0.1, -0.05) is 19.1 Å². The monoisotopic (exact) mass is 698 g/mol.